The minimum Gasteiger partial charge on any atom is -0.465 e. The molecule has 1 spiro atoms. The summed E-state index contributed by atoms with van der Waals surface area (Å²) in [6, 6.07) is 6.59. The molecule has 1 aromatic carbocycles. The number of hydrogen-bond donors (Lipinski definition) is 2. The Morgan fingerprint density at radius 2 is 1.76 bits per heavy atom. The first-order chi connectivity index (χ1) is 15.8. The third-order valence-corrected chi connectivity index (χ3v) is 7.12. The van der Waals surface area contributed by atoms with E-state index in [0.29, 0.717) is 32.4 Å². The van der Waals surface area contributed by atoms with Crippen LogP contribution in [0.3, 0.4) is 0 Å². The Morgan fingerprint density at radius 3 is 2.39 bits per heavy atom. The Balaban J connectivity index is 1.19. The van der Waals surface area contributed by atoms with Gasteiger partial charge in [0.05, 0.1) is 5.41 Å². The van der Waals surface area contributed by atoms with Crippen molar-refractivity contribution in [3.63, 3.8) is 0 Å². The third kappa shape index (κ3) is 5.55. The predicted octanol–water partition coefficient (Wildman–Crippen LogP) is 1.53. The molecule has 3 saturated heterocycles. The van der Waals surface area contributed by atoms with E-state index < -0.39 is 11.5 Å². The van der Waals surface area contributed by atoms with Crippen LogP contribution in [0, 0.1) is 11.2 Å². The maximum absolute atomic E-state index is 13.1. The van der Waals surface area contributed by atoms with Crippen LogP contribution in [-0.2, 0) is 14.3 Å². The maximum atomic E-state index is 13.1. The number of halogens is 1. The molecule has 2 amide bonds. The Labute approximate surface area is 192 Å². The van der Waals surface area contributed by atoms with E-state index in [2.05, 4.69) is 15.1 Å². The van der Waals surface area contributed by atoms with E-state index in [0.717, 1.165) is 44.8 Å². The molecular weight excluding hydrogens is 431 g/mol. The van der Waals surface area contributed by atoms with E-state index in [-0.39, 0.29) is 30.3 Å². The lowest BCUT2D eigenvalue weighted by Crippen LogP contribution is -2.48. The first kappa shape index (κ1) is 23.3. The molecule has 3 aliphatic heterocycles. The van der Waals surface area contributed by atoms with Crippen LogP contribution < -0.4 is 10.2 Å². The lowest BCUT2D eigenvalue weighted by molar-refractivity contribution is -0.152. The lowest BCUT2D eigenvalue weighted by atomic mass is 9.75. The van der Waals surface area contributed by atoms with E-state index in [9.17, 15) is 18.8 Å². The van der Waals surface area contributed by atoms with Crippen molar-refractivity contribution in [1.29, 1.82) is 0 Å². The minimum atomic E-state index is -1.23. The SMILES string of the molecule is O=C(O)NCC(=O)N1CCC2(CC1)C[C@H](CCN1CCN(c3ccc(F)cc3)CC1)OC2=O. The van der Waals surface area contributed by atoms with Crippen molar-refractivity contribution < 1.29 is 28.6 Å². The second-order valence-electron chi connectivity index (χ2n) is 9.15. The molecule has 1 aromatic rings. The van der Waals surface area contributed by atoms with Gasteiger partial charge in [-0.1, -0.05) is 0 Å². The monoisotopic (exact) mass is 462 g/mol. The highest BCUT2D eigenvalue weighted by atomic mass is 19.1. The molecule has 0 aliphatic carbocycles. The van der Waals surface area contributed by atoms with Crippen molar-refractivity contribution >= 4 is 23.7 Å². The highest BCUT2D eigenvalue weighted by molar-refractivity contribution is 5.83. The van der Waals surface area contributed by atoms with Gasteiger partial charge < -0.3 is 25.0 Å². The summed E-state index contributed by atoms with van der Waals surface area (Å²) >= 11 is 0. The van der Waals surface area contributed by atoms with Crippen LogP contribution >= 0.6 is 0 Å². The second kappa shape index (κ2) is 9.94. The van der Waals surface area contributed by atoms with Gasteiger partial charge in [-0.05, 0) is 43.5 Å². The number of likely N-dealkylation sites (tertiary alicyclic amines) is 1. The van der Waals surface area contributed by atoms with E-state index in [4.69, 9.17) is 9.84 Å². The summed E-state index contributed by atoms with van der Waals surface area (Å²) in [5.74, 6) is -0.659. The second-order valence-corrected chi connectivity index (χ2v) is 9.15. The maximum Gasteiger partial charge on any atom is 0.405 e. The molecule has 3 aliphatic rings. The summed E-state index contributed by atoms with van der Waals surface area (Å²) in [5.41, 5.74) is 0.509. The number of esters is 1. The summed E-state index contributed by atoms with van der Waals surface area (Å²) in [4.78, 5) is 41.6. The molecule has 3 heterocycles. The molecule has 0 saturated carbocycles. The van der Waals surface area contributed by atoms with Gasteiger partial charge in [-0.3, -0.25) is 14.5 Å². The molecule has 1 atom stereocenters. The zero-order valence-electron chi connectivity index (χ0n) is 18.7. The quantitative estimate of drug-likeness (QED) is 0.618. The molecule has 9 nitrogen and oxygen atoms in total. The van der Waals surface area contributed by atoms with Crippen LogP contribution in [0.1, 0.15) is 25.7 Å². The molecule has 0 unspecified atom stereocenters. The fourth-order valence-electron chi connectivity index (χ4n) is 5.06. The van der Waals surface area contributed by atoms with Crippen LogP contribution in [0.15, 0.2) is 24.3 Å². The van der Waals surface area contributed by atoms with Crippen molar-refractivity contribution in [3.8, 4) is 0 Å². The number of ether oxygens (including phenoxy) is 1. The Bertz CT molecular complexity index is 864. The van der Waals surface area contributed by atoms with Gasteiger partial charge in [0.2, 0.25) is 5.91 Å². The van der Waals surface area contributed by atoms with Gasteiger partial charge in [0.15, 0.2) is 0 Å². The molecule has 0 bridgehead atoms. The van der Waals surface area contributed by atoms with Crippen LogP contribution in [-0.4, -0.2) is 91.3 Å². The molecule has 3 fully saturated rings. The number of piperidine rings is 1. The van der Waals surface area contributed by atoms with Crippen LogP contribution in [0.5, 0.6) is 0 Å². The number of hydrogen-bond acceptors (Lipinski definition) is 6. The van der Waals surface area contributed by atoms with Crippen LogP contribution in [0.4, 0.5) is 14.9 Å². The Morgan fingerprint density at radius 1 is 1.09 bits per heavy atom. The summed E-state index contributed by atoms with van der Waals surface area (Å²) in [7, 11) is 0. The zero-order chi connectivity index (χ0) is 23.4. The molecule has 33 heavy (non-hydrogen) atoms. The number of nitrogens with zero attached hydrogens (tertiary/aromatic N) is 3. The normalized spacial score (nSPS) is 22.9. The smallest absolute Gasteiger partial charge is 0.405 e. The number of benzene rings is 1. The average Bonchev–Trinajstić information content (AvgIpc) is 3.12. The van der Waals surface area contributed by atoms with Crippen molar-refractivity contribution in [3.05, 3.63) is 30.1 Å². The number of amides is 2. The third-order valence-electron chi connectivity index (χ3n) is 7.12. The highest BCUT2D eigenvalue weighted by Gasteiger charge is 2.50. The fraction of sp³-hybridized carbons (Fsp3) is 0.609. The van der Waals surface area contributed by atoms with Gasteiger partial charge in [-0.2, -0.15) is 0 Å². The van der Waals surface area contributed by atoms with Crippen molar-refractivity contribution in [2.24, 2.45) is 5.41 Å². The number of carbonyl (C=O) groups excluding carboxylic acids is 2. The highest BCUT2D eigenvalue weighted by Crippen LogP contribution is 2.43. The number of rotatable bonds is 6. The molecule has 4 rings (SSSR count). The largest absolute Gasteiger partial charge is 0.465 e. The van der Waals surface area contributed by atoms with Gasteiger partial charge in [0, 0.05) is 57.9 Å². The summed E-state index contributed by atoms with van der Waals surface area (Å²) in [6.45, 7) is 5.05. The standard InChI is InChI=1S/C23H31FN4O5/c24-17-1-3-18(4-2-17)27-13-11-26(12-14-27)8-5-19-15-23(21(30)33-19)6-9-28(10-7-23)20(29)16-25-22(31)32/h1-4,19,25H,5-16H2,(H,31,32)/t19-/m0/s1. The van der Waals surface area contributed by atoms with Crippen LogP contribution in [0.2, 0.25) is 0 Å². The Kier molecular flexibility index (Phi) is 7.02. The fourth-order valence-corrected chi connectivity index (χ4v) is 5.06. The van der Waals surface area contributed by atoms with E-state index >= 15 is 0 Å². The first-order valence-corrected chi connectivity index (χ1v) is 11.5. The number of anilines is 1. The predicted molar refractivity (Wildman–Crippen MR) is 118 cm³/mol. The van der Waals surface area contributed by atoms with Crippen molar-refractivity contribution in [2.45, 2.75) is 31.8 Å². The number of piperazine rings is 1. The molecule has 180 valence electrons. The van der Waals surface area contributed by atoms with Gasteiger partial charge in [-0.15, -0.1) is 0 Å². The average molecular weight is 463 g/mol. The molecule has 2 N–H and O–H groups in total. The van der Waals surface area contributed by atoms with Gasteiger partial charge >= 0.3 is 12.1 Å². The summed E-state index contributed by atoms with van der Waals surface area (Å²) < 4.78 is 18.9. The number of carbonyl (C=O) groups is 3. The Hall–Kier alpha value is -2.88. The van der Waals surface area contributed by atoms with Gasteiger partial charge in [-0.25, -0.2) is 9.18 Å². The van der Waals surface area contributed by atoms with E-state index in [1.165, 1.54) is 12.1 Å². The lowest BCUT2D eigenvalue weighted by Gasteiger charge is -2.37. The van der Waals surface area contributed by atoms with Crippen LogP contribution in [0.25, 0.3) is 0 Å². The molecule has 10 heteroatoms. The number of nitrogens with one attached hydrogen (secondary N) is 1. The molecule has 0 radical (unpaired) electrons. The van der Waals surface area contributed by atoms with Gasteiger partial charge in [0.1, 0.15) is 18.5 Å². The minimum absolute atomic E-state index is 0.108. The van der Waals surface area contributed by atoms with Crippen molar-refractivity contribution in [1.82, 2.24) is 15.1 Å². The molecule has 0 aromatic heterocycles. The molecular formula is C23H31FN4O5. The summed E-state index contributed by atoms with van der Waals surface area (Å²) in [5, 5.41) is 10.7. The van der Waals surface area contributed by atoms with Gasteiger partial charge in [0.25, 0.3) is 0 Å². The van der Waals surface area contributed by atoms with Crippen molar-refractivity contribution in [2.75, 3.05) is 57.3 Å². The number of cyclic esters (lactones) is 1. The number of carboxylic acid groups (broad SMARTS) is 1. The topological polar surface area (TPSA) is 102 Å². The summed E-state index contributed by atoms with van der Waals surface area (Å²) in [6.07, 6.45) is 1.24. The first-order valence-electron chi connectivity index (χ1n) is 11.5. The van der Waals surface area contributed by atoms with E-state index in [1.54, 1.807) is 4.90 Å². The zero-order valence-corrected chi connectivity index (χ0v) is 18.7. The van der Waals surface area contributed by atoms with E-state index in [1.807, 2.05) is 12.1 Å².